The first-order valence-corrected chi connectivity index (χ1v) is 6.93. The molecule has 20 heavy (non-hydrogen) atoms. The van der Waals surface area contributed by atoms with Gasteiger partial charge < -0.3 is 5.11 Å². The van der Waals surface area contributed by atoms with Gasteiger partial charge in [-0.25, -0.2) is 4.79 Å². The fourth-order valence-corrected chi connectivity index (χ4v) is 2.80. The maximum atomic E-state index is 11.7. The molecular weight excluding hydrogens is 258 g/mol. The lowest BCUT2D eigenvalue weighted by Crippen LogP contribution is -2.43. The van der Waals surface area contributed by atoms with Gasteiger partial charge in [-0.3, -0.25) is 14.3 Å². The highest BCUT2D eigenvalue weighted by molar-refractivity contribution is 5.21. The maximum absolute atomic E-state index is 11.7. The van der Waals surface area contributed by atoms with Crippen molar-refractivity contribution in [3.05, 3.63) is 32.6 Å². The van der Waals surface area contributed by atoms with Gasteiger partial charge in [0, 0.05) is 6.20 Å². The van der Waals surface area contributed by atoms with E-state index in [-0.39, 0.29) is 12.1 Å². The zero-order chi connectivity index (χ0) is 14.8. The van der Waals surface area contributed by atoms with Crippen LogP contribution in [0.3, 0.4) is 0 Å². The minimum Gasteiger partial charge on any atom is -0.388 e. The highest BCUT2D eigenvalue weighted by atomic mass is 16.3. The summed E-state index contributed by atoms with van der Waals surface area (Å²) >= 11 is 0. The fourth-order valence-electron chi connectivity index (χ4n) is 2.80. The third kappa shape index (κ3) is 2.99. The van der Waals surface area contributed by atoms with Crippen molar-refractivity contribution < 1.29 is 5.11 Å². The molecule has 1 heterocycles. The molecule has 0 aliphatic heterocycles. The van der Waals surface area contributed by atoms with E-state index in [9.17, 15) is 14.7 Å². The Morgan fingerprint density at radius 2 is 2.15 bits per heavy atom. The monoisotopic (exact) mass is 277 g/mol. The van der Waals surface area contributed by atoms with Gasteiger partial charge in [-0.15, -0.1) is 0 Å². The van der Waals surface area contributed by atoms with Crippen LogP contribution >= 0.6 is 0 Å². The van der Waals surface area contributed by atoms with E-state index >= 15 is 0 Å². The SMILES string of the molecule is CCC1CCC(O)(Cn2cc(C#N)c(=O)[nH]c2=O)CC1. The van der Waals surface area contributed by atoms with Crippen LogP contribution in [0.4, 0.5) is 0 Å². The summed E-state index contributed by atoms with van der Waals surface area (Å²) in [4.78, 5) is 25.2. The van der Waals surface area contributed by atoms with E-state index in [2.05, 4.69) is 11.9 Å². The van der Waals surface area contributed by atoms with Gasteiger partial charge in [0.05, 0.1) is 12.1 Å². The van der Waals surface area contributed by atoms with Crippen molar-refractivity contribution in [2.24, 2.45) is 5.92 Å². The van der Waals surface area contributed by atoms with Crippen LogP contribution in [0.15, 0.2) is 15.8 Å². The Balaban J connectivity index is 2.20. The molecular formula is C14H19N3O3. The highest BCUT2D eigenvalue weighted by Gasteiger charge is 2.33. The lowest BCUT2D eigenvalue weighted by Gasteiger charge is -2.36. The maximum Gasteiger partial charge on any atom is 0.328 e. The molecule has 0 saturated heterocycles. The van der Waals surface area contributed by atoms with E-state index in [0.717, 1.165) is 19.3 Å². The molecule has 1 aliphatic rings. The average molecular weight is 277 g/mol. The Morgan fingerprint density at radius 3 is 2.70 bits per heavy atom. The minimum atomic E-state index is -0.930. The zero-order valence-electron chi connectivity index (χ0n) is 11.6. The fraction of sp³-hybridized carbons (Fsp3) is 0.643. The third-order valence-corrected chi connectivity index (χ3v) is 4.21. The van der Waals surface area contributed by atoms with Crippen LogP contribution in [0, 0.1) is 17.2 Å². The van der Waals surface area contributed by atoms with Crippen molar-refractivity contribution in [3.63, 3.8) is 0 Å². The first-order valence-electron chi connectivity index (χ1n) is 6.93. The minimum absolute atomic E-state index is 0.115. The van der Waals surface area contributed by atoms with Crippen LogP contribution < -0.4 is 11.2 Å². The Hall–Kier alpha value is -1.87. The predicted octanol–water partition coefficient (Wildman–Crippen LogP) is 0.740. The average Bonchev–Trinajstić information content (AvgIpc) is 2.43. The smallest absolute Gasteiger partial charge is 0.328 e. The van der Waals surface area contributed by atoms with E-state index in [1.807, 2.05) is 0 Å². The van der Waals surface area contributed by atoms with E-state index in [0.29, 0.717) is 18.8 Å². The number of H-pyrrole nitrogens is 1. The van der Waals surface area contributed by atoms with Gasteiger partial charge in [-0.1, -0.05) is 13.3 Å². The normalized spacial score (nSPS) is 26.1. The zero-order valence-corrected chi connectivity index (χ0v) is 11.6. The summed E-state index contributed by atoms with van der Waals surface area (Å²) in [6.07, 6.45) is 5.49. The molecule has 2 rings (SSSR count). The highest BCUT2D eigenvalue weighted by Crippen LogP contribution is 2.34. The van der Waals surface area contributed by atoms with E-state index in [1.54, 1.807) is 6.07 Å². The molecule has 1 saturated carbocycles. The van der Waals surface area contributed by atoms with E-state index < -0.39 is 16.9 Å². The molecule has 0 radical (unpaired) electrons. The Labute approximate surface area is 116 Å². The second kappa shape index (κ2) is 5.63. The summed E-state index contributed by atoms with van der Waals surface area (Å²) in [7, 11) is 0. The van der Waals surface area contributed by atoms with Gasteiger partial charge in [0.2, 0.25) is 0 Å². The lowest BCUT2D eigenvalue weighted by atomic mass is 9.78. The summed E-state index contributed by atoms with van der Waals surface area (Å²) in [6, 6.07) is 1.74. The second-order valence-electron chi connectivity index (χ2n) is 5.62. The number of hydrogen-bond donors (Lipinski definition) is 2. The molecule has 1 fully saturated rings. The van der Waals surface area contributed by atoms with Crippen LogP contribution in [0.25, 0.3) is 0 Å². The molecule has 108 valence electrons. The van der Waals surface area contributed by atoms with Crippen LogP contribution in [0.2, 0.25) is 0 Å². The number of aromatic nitrogens is 2. The quantitative estimate of drug-likeness (QED) is 0.851. The van der Waals surface area contributed by atoms with Crippen molar-refractivity contribution in [2.75, 3.05) is 0 Å². The lowest BCUT2D eigenvalue weighted by molar-refractivity contribution is -0.0250. The molecule has 6 nitrogen and oxygen atoms in total. The largest absolute Gasteiger partial charge is 0.388 e. The number of rotatable bonds is 3. The van der Waals surface area contributed by atoms with Crippen molar-refractivity contribution >= 4 is 0 Å². The van der Waals surface area contributed by atoms with Crippen molar-refractivity contribution in [1.82, 2.24) is 9.55 Å². The first-order chi connectivity index (χ1) is 9.47. The van der Waals surface area contributed by atoms with Gasteiger partial charge in [0.15, 0.2) is 0 Å². The number of nitrogens with one attached hydrogen (secondary N) is 1. The summed E-state index contributed by atoms with van der Waals surface area (Å²) in [5.41, 5.74) is -2.31. The molecule has 1 aromatic rings. The first kappa shape index (κ1) is 14.5. The van der Waals surface area contributed by atoms with Crippen LogP contribution in [0.1, 0.15) is 44.6 Å². The second-order valence-corrected chi connectivity index (χ2v) is 5.62. The molecule has 0 spiro atoms. The Morgan fingerprint density at radius 1 is 1.50 bits per heavy atom. The molecule has 0 aromatic carbocycles. The standard InChI is InChI=1S/C14H19N3O3/c1-2-10-3-5-14(20,6-4-10)9-17-8-11(7-15)12(18)16-13(17)19/h8,10,20H,2-6,9H2,1H3,(H,16,18,19). The topological polar surface area (TPSA) is 98.9 Å². The van der Waals surface area contributed by atoms with Gasteiger partial charge in [0.25, 0.3) is 5.56 Å². The van der Waals surface area contributed by atoms with Gasteiger partial charge in [-0.05, 0) is 31.6 Å². The number of hydrogen-bond acceptors (Lipinski definition) is 4. The summed E-state index contributed by atoms with van der Waals surface area (Å²) in [5.74, 6) is 0.636. The molecule has 1 aliphatic carbocycles. The van der Waals surface area contributed by atoms with E-state index in [1.165, 1.54) is 10.8 Å². The molecule has 0 atom stereocenters. The van der Waals surface area contributed by atoms with Crippen molar-refractivity contribution in [1.29, 1.82) is 5.26 Å². The van der Waals surface area contributed by atoms with Crippen LogP contribution in [0.5, 0.6) is 0 Å². The Kier molecular flexibility index (Phi) is 4.09. The summed E-state index contributed by atoms with van der Waals surface area (Å²) in [5, 5.41) is 19.4. The molecule has 0 amide bonds. The molecule has 6 heteroatoms. The summed E-state index contributed by atoms with van der Waals surface area (Å²) in [6.45, 7) is 2.26. The Bertz CT molecular complexity index is 630. The molecule has 0 bridgehead atoms. The van der Waals surface area contributed by atoms with Crippen LogP contribution in [-0.2, 0) is 6.54 Å². The number of aliphatic hydroxyl groups is 1. The number of nitrogens with zero attached hydrogens (tertiary/aromatic N) is 2. The molecule has 1 aromatic heterocycles. The van der Waals surface area contributed by atoms with Gasteiger partial charge in [0.1, 0.15) is 11.6 Å². The van der Waals surface area contributed by atoms with Gasteiger partial charge in [-0.2, -0.15) is 5.26 Å². The van der Waals surface area contributed by atoms with Crippen molar-refractivity contribution in [2.45, 2.75) is 51.2 Å². The molecule has 2 N–H and O–H groups in total. The number of nitriles is 1. The predicted molar refractivity (Wildman–Crippen MR) is 73.2 cm³/mol. The molecule has 0 unspecified atom stereocenters. The van der Waals surface area contributed by atoms with E-state index in [4.69, 9.17) is 5.26 Å². The summed E-state index contributed by atoms with van der Waals surface area (Å²) < 4.78 is 1.23. The number of aromatic amines is 1. The van der Waals surface area contributed by atoms with Crippen LogP contribution in [-0.4, -0.2) is 20.3 Å². The third-order valence-electron chi connectivity index (χ3n) is 4.21. The van der Waals surface area contributed by atoms with Crippen molar-refractivity contribution in [3.8, 4) is 6.07 Å². The van der Waals surface area contributed by atoms with Gasteiger partial charge >= 0.3 is 5.69 Å².